The van der Waals surface area contributed by atoms with Gasteiger partial charge in [-0.2, -0.15) is 0 Å². The first-order valence-electron chi connectivity index (χ1n) is 9.08. The molecule has 0 spiro atoms. The van der Waals surface area contributed by atoms with Crippen LogP contribution in [0.25, 0.3) is 10.8 Å². The summed E-state index contributed by atoms with van der Waals surface area (Å²) in [4.78, 5) is 38.5. The molecule has 7 nitrogen and oxygen atoms in total. The van der Waals surface area contributed by atoms with E-state index in [4.69, 9.17) is 11.6 Å². The highest BCUT2D eigenvalue weighted by Gasteiger charge is 2.43. The van der Waals surface area contributed by atoms with E-state index < -0.39 is 23.8 Å². The Morgan fingerprint density at radius 3 is 2.43 bits per heavy atom. The molecule has 1 aliphatic heterocycles. The summed E-state index contributed by atoms with van der Waals surface area (Å²) in [7, 11) is 0. The van der Waals surface area contributed by atoms with E-state index in [9.17, 15) is 14.4 Å². The summed E-state index contributed by atoms with van der Waals surface area (Å²) < 4.78 is 0. The smallest absolute Gasteiger partial charge is 0.304 e. The van der Waals surface area contributed by atoms with Crippen LogP contribution in [0, 0.1) is 5.92 Å². The molecule has 3 N–H and O–H groups in total. The molecule has 3 aromatic carbocycles. The Hall–Kier alpha value is -3.84. The molecule has 150 valence electrons. The standard InChI is InChI=1S/C22H17ClN4O3/c1-13(25-26-18-8-4-6-14-5-2-3-7-17(14)18)19-20(28)24-22(30)27(21(19)29)16-11-9-15(23)10-12-16/h2-12,19,25-26H,1H2,(H,24,28,30)/t19-/m0/s1. The Balaban J connectivity index is 1.55. The highest BCUT2D eigenvalue weighted by molar-refractivity contribution is 6.31. The van der Waals surface area contributed by atoms with Crippen LogP contribution >= 0.6 is 11.6 Å². The van der Waals surface area contributed by atoms with Gasteiger partial charge >= 0.3 is 6.03 Å². The van der Waals surface area contributed by atoms with Crippen molar-refractivity contribution in [1.82, 2.24) is 10.7 Å². The van der Waals surface area contributed by atoms with Gasteiger partial charge in [0.25, 0.3) is 5.91 Å². The van der Waals surface area contributed by atoms with E-state index in [1.54, 1.807) is 12.1 Å². The lowest BCUT2D eigenvalue weighted by atomic mass is 10.0. The minimum Gasteiger partial charge on any atom is -0.304 e. The summed E-state index contributed by atoms with van der Waals surface area (Å²) >= 11 is 5.88. The fourth-order valence-corrected chi connectivity index (χ4v) is 3.40. The van der Waals surface area contributed by atoms with Crippen molar-refractivity contribution in [2.75, 3.05) is 10.3 Å². The van der Waals surface area contributed by atoms with Crippen molar-refractivity contribution < 1.29 is 14.4 Å². The molecule has 1 aliphatic rings. The maximum atomic E-state index is 13.0. The second kappa shape index (κ2) is 7.88. The van der Waals surface area contributed by atoms with Crippen LogP contribution in [0.3, 0.4) is 0 Å². The fourth-order valence-electron chi connectivity index (χ4n) is 3.27. The Bertz CT molecular complexity index is 1170. The van der Waals surface area contributed by atoms with Crippen LogP contribution < -0.4 is 21.1 Å². The number of rotatable bonds is 5. The number of nitrogens with one attached hydrogen (secondary N) is 3. The first kappa shape index (κ1) is 19.5. The Morgan fingerprint density at radius 1 is 0.967 bits per heavy atom. The van der Waals surface area contributed by atoms with Crippen LogP contribution in [0.5, 0.6) is 0 Å². The van der Waals surface area contributed by atoms with Crippen molar-refractivity contribution in [3.05, 3.63) is 84.0 Å². The molecule has 8 heteroatoms. The summed E-state index contributed by atoms with van der Waals surface area (Å²) in [5.74, 6) is -2.74. The van der Waals surface area contributed by atoms with Gasteiger partial charge < -0.3 is 10.9 Å². The average molecular weight is 421 g/mol. The van der Waals surface area contributed by atoms with Gasteiger partial charge in [-0.05, 0) is 35.7 Å². The molecule has 1 atom stereocenters. The molecular formula is C22H17ClN4O3. The highest BCUT2D eigenvalue weighted by atomic mass is 35.5. The van der Waals surface area contributed by atoms with Gasteiger partial charge in [-0.1, -0.05) is 54.6 Å². The third-order valence-electron chi connectivity index (χ3n) is 4.74. The Labute approximate surface area is 177 Å². The number of hydrogen-bond donors (Lipinski definition) is 3. The molecule has 0 bridgehead atoms. The Morgan fingerprint density at radius 2 is 1.67 bits per heavy atom. The van der Waals surface area contributed by atoms with Crippen molar-refractivity contribution in [1.29, 1.82) is 0 Å². The maximum absolute atomic E-state index is 13.0. The molecule has 0 saturated carbocycles. The van der Waals surface area contributed by atoms with Crippen molar-refractivity contribution in [2.45, 2.75) is 0 Å². The number of amides is 4. The number of hydrazine groups is 1. The fraction of sp³-hybridized carbons (Fsp3) is 0.0455. The van der Waals surface area contributed by atoms with Gasteiger partial charge in [-0.3, -0.25) is 14.9 Å². The predicted octanol–water partition coefficient (Wildman–Crippen LogP) is 3.82. The predicted molar refractivity (Wildman–Crippen MR) is 116 cm³/mol. The average Bonchev–Trinajstić information content (AvgIpc) is 2.73. The molecule has 0 aromatic heterocycles. The van der Waals surface area contributed by atoms with Gasteiger partial charge in [-0.25, -0.2) is 9.69 Å². The molecule has 0 unspecified atom stereocenters. The number of barbiturate groups is 1. The Kier molecular flexibility index (Phi) is 5.12. The lowest BCUT2D eigenvalue weighted by Gasteiger charge is -2.31. The number of carbonyl (C=O) groups is 3. The number of urea groups is 1. The molecule has 1 heterocycles. The molecule has 30 heavy (non-hydrogen) atoms. The molecule has 0 aliphatic carbocycles. The minimum atomic E-state index is -1.29. The van der Waals surface area contributed by atoms with Gasteiger partial charge in [-0.15, -0.1) is 0 Å². The van der Waals surface area contributed by atoms with E-state index in [0.717, 1.165) is 21.4 Å². The van der Waals surface area contributed by atoms with Gasteiger partial charge in [0, 0.05) is 16.1 Å². The van der Waals surface area contributed by atoms with E-state index in [-0.39, 0.29) is 5.70 Å². The third-order valence-corrected chi connectivity index (χ3v) is 5.00. The first-order valence-corrected chi connectivity index (χ1v) is 9.46. The van der Waals surface area contributed by atoms with E-state index >= 15 is 0 Å². The molecular weight excluding hydrogens is 404 g/mol. The van der Waals surface area contributed by atoms with Gasteiger partial charge in [0.2, 0.25) is 5.91 Å². The van der Waals surface area contributed by atoms with Crippen molar-refractivity contribution in [3.63, 3.8) is 0 Å². The van der Waals surface area contributed by atoms with E-state index in [2.05, 4.69) is 22.7 Å². The molecule has 3 aromatic rings. The SMILES string of the molecule is C=C(NNc1cccc2ccccc12)[C@H]1C(=O)NC(=O)N(c2ccc(Cl)cc2)C1=O. The molecule has 0 radical (unpaired) electrons. The molecule has 4 amide bonds. The quantitative estimate of drug-likeness (QED) is 0.431. The summed E-state index contributed by atoms with van der Waals surface area (Å²) in [6.45, 7) is 3.83. The zero-order valence-electron chi connectivity index (χ0n) is 15.7. The van der Waals surface area contributed by atoms with Gasteiger partial charge in [0.1, 0.15) is 0 Å². The number of imide groups is 2. The lowest BCUT2D eigenvalue weighted by molar-refractivity contribution is -0.132. The summed E-state index contributed by atoms with van der Waals surface area (Å²) in [5, 5.41) is 4.64. The third kappa shape index (κ3) is 3.58. The number of benzene rings is 3. The van der Waals surface area contributed by atoms with Crippen LogP contribution in [-0.2, 0) is 9.59 Å². The second-order valence-corrected chi connectivity index (χ2v) is 7.12. The topological polar surface area (TPSA) is 90.5 Å². The van der Waals surface area contributed by atoms with Crippen LogP contribution in [-0.4, -0.2) is 17.8 Å². The van der Waals surface area contributed by atoms with Crippen molar-refractivity contribution >= 4 is 51.6 Å². The maximum Gasteiger partial charge on any atom is 0.335 e. The van der Waals surface area contributed by atoms with Gasteiger partial charge in [0.15, 0.2) is 5.92 Å². The van der Waals surface area contributed by atoms with Crippen molar-refractivity contribution in [3.8, 4) is 0 Å². The zero-order valence-corrected chi connectivity index (χ0v) is 16.4. The summed E-state index contributed by atoms with van der Waals surface area (Å²) in [6, 6.07) is 18.8. The van der Waals surface area contributed by atoms with Crippen LogP contribution in [0.15, 0.2) is 79.0 Å². The monoisotopic (exact) mass is 420 g/mol. The van der Waals surface area contributed by atoms with E-state index in [1.807, 2.05) is 42.5 Å². The zero-order chi connectivity index (χ0) is 21.3. The summed E-state index contributed by atoms with van der Waals surface area (Å²) in [6.07, 6.45) is 0. The number of fused-ring (bicyclic) bond motifs is 1. The molecule has 4 rings (SSSR count). The second-order valence-electron chi connectivity index (χ2n) is 6.68. The van der Waals surface area contributed by atoms with E-state index in [1.165, 1.54) is 12.1 Å². The number of nitrogens with zero attached hydrogens (tertiary/aromatic N) is 1. The first-order chi connectivity index (χ1) is 14.5. The summed E-state index contributed by atoms with van der Waals surface area (Å²) in [5.41, 5.74) is 6.99. The van der Waals surface area contributed by atoms with Crippen LogP contribution in [0.2, 0.25) is 5.02 Å². The van der Waals surface area contributed by atoms with Crippen LogP contribution in [0.4, 0.5) is 16.2 Å². The van der Waals surface area contributed by atoms with E-state index in [0.29, 0.717) is 10.7 Å². The molecule has 1 fully saturated rings. The van der Waals surface area contributed by atoms with Gasteiger partial charge in [0.05, 0.1) is 11.4 Å². The minimum absolute atomic E-state index is 0.108. The normalized spacial score (nSPS) is 16.4. The highest BCUT2D eigenvalue weighted by Crippen LogP contribution is 2.26. The molecule has 1 saturated heterocycles. The van der Waals surface area contributed by atoms with Crippen LogP contribution in [0.1, 0.15) is 0 Å². The number of carbonyl (C=O) groups excluding carboxylic acids is 3. The van der Waals surface area contributed by atoms with Crippen molar-refractivity contribution in [2.24, 2.45) is 5.92 Å². The number of hydrogen-bond acceptors (Lipinski definition) is 5. The largest absolute Gasteiger partial charge is 0.335 e. The number of halogens is 1. The lowest BCUT2D eigenvalue weighted by Crippen LogP contribution is -2.59. The number of anilines is 2.